The number of rotatable bonds is 3. The van der Waals surface area contributed by atoms with Gasteiger partial charge in [-0.2, -0.15) is 0 Å². The van der Waals surface area contributed by atoms with Crippen LogP contribution in [0.1, 0.15) is 35.2 Å². The summed E-state index contributed by atoms with van der Waals surface area (Å²) < 4.78 is 18.4. The summed E-state index contributed by atoms with van der Waals surface area (Å²) >= 11 is 6.08. The zero-order chi connectivity index (χ0) is 18.1. The fraction of sp³-hybridized carbons (Fsp3) is 0.316. The second-order valence-electron chi connectivity index (χ2n) is 6.36. The fourth-order valence-corrected chi connectivity index (χ4v) is 3.51. The lowest BCUT2D eigenvalue weighted by Crippen LogP contribution is -2.34. The number of anilines is 1. The number of nitrogens with two attached hydrogens (primary N) is 1. The van der Waals surface area contributed by atoms with Gasteiger partial charge in [0.1, 0.15) is 11.6 Å². The number of benzene rings is 2. The van der Waals surface area contributed by atoms with Gasteiger partial charge < -0.3 is 15.4 Å². The Bertz CT molecular complexity index is 795. The van der Waals surface area contributed by atoms with Gasteiger partial charge in [-0.05, 0) is 37.1 Å². The van der Waals surface area contributed by atoms with Crippen molar-refractivity contribution in [1.29, 1.82) is 0 Å². The number of carbonyl (C=O) groups is 1. The number of hydrogen-bond donors (Lipinski definition) is 1. The van der Waals surface area contributed by atoms with Crippen molar-refractivity contribution >= 4 is 23.2 Å². The van der Waals surface area contributed by atoms with Gasteiger partial charge in [-0.3, -0.25) is 4.79 Å². The van der Waals surface area contributed by atoms with Crippen LogP contribution in [0, 0.1) is 5.82 Å². The molecule has 4 nitrogen and oxygen atoms in total. The van der Waals surface area contributed by atoms with Crippen molar-refractivity contribution in [3.05, 3.63) is 58.4 Å². The molecule has 0 aliphatic carbocycles. The summed E-state index contributed by atoms with van der Waals surface area (Å²) in [5, 5.41) is 0.325. The third kappa shape index (κ3) is 3.42. The SMILES string of the molecule is COc1cc(N)c(Cl)cc1C(=O)N1CC(c2ccc(F)cc2)CC1C. The molecule has 25 heavy (non-hydrogen) atoms. The summed E-state index contributed by atoms with van der Waals surface area (Å²) in [7, 11) is 1.49. The smallest absolute Gasteiger partial charge is 0.257 e. The first-order chi connectivity index (χ1) is 11.9. The Morgan fingerprint density at radius 3 is 2.64 bits per heavy atom. The third-order valence-corrected chi connectivity index (χ3v) is 5.05. The van der Waals surface area contributed by atoms with E-state index in [0.717, 1.165) is 12.0 Å². The van der Waals surface area contributed by atoms with Crippen LogP contribution in [0.25, 0.3) is 0 Å². The van der Waals surface area contributed by atoms with Gasteiger partial charge in [0.15, 0.2) is 0 Å². The Morgan fingerprint density at radius 2 is 2.00 bits per heavy atom. The quantitative estimate of drug-likeness (QED) is 0.837. The number of carbonyl (C=O) groups excluding carboxylic acids is 1. The lowest BCUT2D eigenvalue weighted by atomic mass is 9.97. The van der Waals surface area contributed by atoms with E-state index < -0.39 is 0 Å². The van der Waals surface area contributed by atoms with Crippen LogP contribution in [0.15, 0.2) is 36.4 Å². The first kappa shape index (κ1) is 17.5. The maximum atomic E-state index is 13.1. The van der Waals surface area contributed by atoms with Crippen LogP contribution >= 0.6 is 11.6 Å². The van der Waals surface area contributed by atoms with Crippen molar-refractivity contribution in [3.8, 4) is 5.75 Å². The van der Waals surface area contributed by atoms with Gasteiger partial charge in [0.05, 0.1) is 23.4 Å². The van der Waals surface area contributed by atoms with Crippen molar-refractivity contribution in [1.82, 2.24) is 4.90 Å². The van der Waals surface area contributed by atoms with Gasteiger partial charge in [0, 0.05) is 24.6 Å². The highest BCUT2D eigenvalue weighted by Crippen LogP contribution is 2.35. The summed E-state index contributed by atoms with van der Waals surface area (Å²) in [6.45, 7) is 2.57. The average Bonchev–Trinajstić information content (AvgIpc) is 2.98. The normalized spacial score (nSPS) is 19.9. The van der Waals surface area contributed by atoms with E-state index in [1.165, 1.54) is 19.2 Å². The molecule has 2 unspecified atom stereocenters. The average molecular weight is 363 g/mol. The number of nitrogen functional groups attached to an aromatic ring is 1. The zero-order valence-corrected chi connectivity index (χ0v) is 14.9. The summed E-state index contributed by atoms with van der Waals surface area (Å²) in [4.78, 5) is 14.8. The molecule has 0 radical (unpaired) electrons. The molecule has 1 heterocycles. The van der Waals surface area contributed by atoms with Gasteiger partial charge >= 0.3 is 0 Å². The van der Waals surface area contributed by atoms with Gasteiger partial charge in [0.25, 0.3) is 5.91 Å². The molecule has 1 aliphatic rings. The highest BCUT2D eigenvalue weighted by atomic mass is 35.5. The van der Waals surface area contributed by atoms with Crippen molar-refractivity contribution in [2.75, 3.05) is 19.4 Å². The van der Waals surface area contributed by atoms with E-state index in [0.29, 0.717) is 28.6 Å². The van der Waals surface area contributed by atoms with Crippen molar-refractivity contribution < 1.29 is 13.9 Å². The summed E-state index contributed by atoms with van der Waals surface area (Å²) in [5.74, 6) is 0.180. The monoisotopic (exact) mass is 362 g/mol. The molecule has 0 aromatic heterocycles. The molecule has 1 amide bonds. The Morgan fingerprint density at radius 1 is 1.32 bits per heavy atom. The van der Waals surface area contributed by atoms with Crippen LogP contribution in [0.3, 0.4) is 0 Å². The first-order valence-electron chi connectivity index (χ1n) is 8.10. The topological polar surface area (TPSA) is 55.6 Å². The van der Waals surface area contributed by atoms with Crippen LogP contribution in [0.2, 0.25) is 5.02 Å². The van der Waals surface area contributed by atoms with Crippen LogP contribution in [0.4, 0.5) is 10.1 Å². The second-order valence-corrected chi connectivity index (χ2v) is 6.77. The maximum Gasteiger partial charge on any atom is 0.257 e. The molecule has 2 aromatic rings. The van der Waals surface area contributed by atoms with Crippen molar-refractivity contribution in [2.24, 2.45) is 0 Å². The summed E-state index contributed by atoms with van der Waals surface area (Å²) in [5.41, 5.74) is 7.59. The number of amides is 1. The number of nitrogens with zero attached hydrogens (tertiary/aromatic N) is 1. The minimum Gasteiger partial charge on any atom is -0.496 e. The number of hydrogen-bond acceptors (Lipinski definition) is 3. The third-order valence-electron chi connectivity index (χ3n) is 4.73. The predicted octanol–water partition coefficient (Wildman–Crippen LogP) is 4.09. The second kappa shape index (κ2) is 6.92. The minimum absolute atomic E-state index is 0.0589. The van der Waals surface area contributed by atoms with Crippen LogP contribution in [-0.4, -0.2) is 30.5 Å². The Hall–Kier alpha value is -2.27. The molecular weight excluding hydrogens is 343 g/mol. The van der Waals surface area contributed by atoms with Crippen LogP contribution in [0.5, 0.6) is 5.75 Å². The lowest BCUT2D eigenvalue weighted by Gasteiger charge is -2.23. The molecule has 1 fully saturated rings. The van der Waals surface area contributed by atoms with E-state index in [2.05, 4.69) is 0 Å². The van der Waals surface area contributed by atoms with Gasteiger partial charge in [-0.1, -0.05) is 23.7 Å². The number of likely N-dealkylation sites (tertiary alicyclic amines) is 1. The van der Waals surface area contributed by atoms with Crippen molar-refractivity contribution in [2.45, 2.75) is 25.3 Å². The fourth-order valence-electron chi connectivity index (χ4n) is 3.35. The predicted molar refractivity (Wildman–Crippen MR) is 96.7 cm³/mol. The maximum absolute atomic E-state index is 13.1. The minimum atomic E-state index is -0.260. The lowest BCUT2D eigenvalue weighted by molar-refractivity contribution is 0.0742. The molecule has 132 valence electrons. The Kier molecular flexibility index (Phi) is 4.86. The Labute approximate surface area is 151 Å². The molecule has 2 atom stereocenters. The molecular formula is C19H20ClFN2O2. The van der Waals surface area contributed by atoms with E-state index in [9.17, 15) is 9.18 Å². The molecule has 2 aromatic carbocycles. The van der Waals surface area contributed by atoms with Crippen LogP contribution in [-0.2, 0) is 0 Å². The first-order valence-corrected chi connectivity index (χ1v) is 8.48. The summed E-state index contributed by atoms with van der Waals surface area (Å²) in [6.07, 6.45) is 0.822. The van der Waals surface area contributed by atoms with E-state index in [1.807, 2.05) is 6.92 Å². The van der Waals surface area contributed by atoms with Crippen molar-refractivity contribution in [3.63, 3.8) is 0 Å². The van der Waals surface area contributed by atoms with E-state index >= 15 is 0 Å². The standard InChI is InChI=1S/C19H20ClFN2O2/c1-11-7-13(12-3-5-14(21)6-4-12)10-23(11)19(24)15-8-16(20)17(22)9-18(15)25-2/h3-6,8-9,11,13H,7,10,22H2,1-2H3. The largest absolute Gasteiger partial charge is 0.496 e. The highest BCUT2D eigenvalue weighted by molar-refractivity contribution is 6.33. The highest BCUT2D eigenvalue weighted by Gasteiger charge is 2.34. The Balaban J connectivity index is 1.86. The summed E-state index contributed by atoms with van der Waals surface area (Å²) in [6, 6.07) is 9.64. The van der Waals surface area contributed by atoms with E-state index in [1.54, 1.807) is 29.2 Å². The molecule has 3 rings (SSSR count). The number of halogens is 2. The molecule has 1 aliphatic heterocycles. The van der Waals surface area contributed by atoms with E-state index in [-0.39, 0.29) is 23.7 Å². The number of methoxy groups -OCH3 is 1. The van der Waals surface area contributed by atoms with Gasteiger partial charge in [-0.15, -0.1) is 0 Å². The van der Waals surface area contributed by atoms with Gasteiger partial charge in [0.2, 0.25) is 0 Å². The van der Waals surface area contributed by atoms with Crippen LogP contribution < -0.4 is 10.5 Å². The molecule has 6 heteroatoms. The van der Waals surface area contributed by atoms with E-state index in [4.69, 9.17) is 22.1 Å². The van der Waals surface area contributed by atoms with Gasteiger partial charge in [-0.25, -0.2) is 4.39 Å². The molecule has 0 saturated carbocycles. The molecule has 0 bridgehead atoms. The molecule has 2 N–H and O–H groups in total. The zero-order valence-electron chi connectivity index (χ0n) is 14.1. The molecule has 1 saturated heterocycles. The molecule has 0 spiro atoms. The number of ether oxygens (including phenoxy) is 1.